The molecule has 0 unspecified atom stereocenters. The normalized spacial score (nSPS) is 11.6. The van der Waals surface area contributed by atoms with Crippen molar-refractivity contribution in [1.82, 2.24) is 34.1 Å². The maximum atomic E-state index is 5.34. The van der Waals surface area contributed by atoms with Gasteiger partial charge in [-0.2, -0.15) is 9.97 Å². The van der Waals surface area contributed by atoms with E-state index in [0.29, 0.717) is 23.5 Å². The van der Waals surface area contributed by atoms with Crippen LogP contribution in [0.3, 0.4) is 0 Å². The zero-order valence-corrected chi connectivity index (χ0v) is 30.0. The van der Waals surface area contributed by atoms with Crippen molar-refractivity contribution in [3.8, 4) is 57.2 Å². The van der Waals surface area contributed by atoms with Gasteiger partial charge < -0.3 is 0 Å². The Kier molecular flexibility index (Phi) is 7.35. The molecule has 4 heterocycles. The van der Waals surface area contributed by atoms with Crippen molar-refractivity contribution in [3.05, 3.63) is 188 Å². The number of fused-ring (bicyclic) bond motifs is 7. The molecule has 0 atom stereocenters. The van der Waals surface area contributed by atoms with E-state index in [4.69, 9.17) is 24.9 Å². The van der Waals surface area contributed by atoms with E-state index in [-0.39, 0.29) is 0 Å². The van der Waals surface area contributed by atoms with Gasteiger partial charge in [-0.15, -0.1) is 0 Å². The minimum atomic E-state index is 0.525. The average molecular weight is 718 g/mol. The van der Waals surface area contributed by atoms with Gasteiger partial charge in [0.2, 0.25) is 11.9 Å². The van der Waals surface area contributed by atoms with Crippen molar-refractivity contribution in [2.24, 2.45) is 0 Å². The van der Waals surface area contributed by atoms with E-state index in [9.17, 15) is 0 Å². The van der Waals surface area contributed by atoms with E-state index < -0.39 is 0 Å². The Morgan fingerprint density at radius 3 is 1.07 bits per heavy atom. The van der Waals surface area contributed by atoms with Gasteiger partial charge in [-0.3, -0.25) is 9.13 Å². The van der Waals surface area contributed by atoms with Crippen LogP contribution in [-0.4, -0.2) is 34.1 Å². The van der Waals surface area contributed by atoms with Crippen LogP contribution in [0, 0.1) is 0 Å². The molecule has 0 aliphatic heterocycles. The van der Waals surface area contributed by atoms with Gasteiger partial charge in [0.05, 0.1) is 33.5 Å². The van der Waals surface area contributed by atoms with Gasteiger partial charge in [0.1, 0.15) is 0 Å². The van der Waals surface area contributed by atoms with Gasteiger partial charge in [-0.1, -0.05) is 170 Å². The molecule has 0 aliphatic rings. The van der Waals surface area contributed by atoms with Crippen molar-refractivity contribution in [2.75, 3.05) is 0 Å². The molecule has 0 fully saturated rings. The van der Waals surface area contributed by atoms with Gasteiger partial charge in [0.15, 0.2) is 11.6 Å². The Morgan fingerprint density at radius 2 is 0.643 bits per heavy atom. The third-order valence-electron chi connectivity index (χ3n) is 10.4. The highest BCUT2D eigenvalue weighted by atomic mass is 15.2. The SMILES string of the molecule is c1ccc(-c2cc(-c3ccccc3)nc(-n3c4ccccc4c4ccc5c6ccccc6n(-c6nc(-c7ccccc7)nc(-c7ccccc7)n6)c5c43)n2)cc1. The van der Waals surface area contributed by atoms with Crippen LogP contribution in [0.4, 0.5) is 0 Å². The first-order valence-electron chi connectivity index (χ1n) is 18.6. The highest BCUT2D eigenvalue weighted by Crippen LogP contribution is 2.41. The van der Waals surface area contributed by atoms with Crippen LogP contribution in [0.2, 0.25) is 0 Å². The van der Waals surface area contributed by atoms with Crippen molar-refractivity contribution >= 4 is 43.6 Å². The van der Waals surface area contributed by atoms with E-state index in [0.717, 1.165) is 77.3 Å². The van der Waals surface area contributed by atoms with Crippen LogP contribution in [-0.2, 0) is 0 Å². The maximum Gasteiger partial charge on any atom is 0.238 e. The molecule has 0 saturated carbocycles. The lowest BCUT2D eigenvalue weighted by molar-refractivity contribution is 0.949. The summed E-state index contributed by atoms with van der Waals surface area (Å²) in [4.78, 5) is 26.2. The summed E-state index contributed by atoms with van der Waals surface area (Å²) < 4.78 is 4.42. The molecule has 7 nitrogen and oxygen atoms in total. The highest BCUT2D eigenvalue weighted by Gasteiger charge is 2.24. The smallest absolute Gasteiger partial charge is 0.238 e. The third-order valence-corrected chi connectivity index (χ3v) is 10.4. The topological polar surface area (TPSA) is 74.3 Å². The van der Waals surface area contributed by atoms with Gasteiger partial charge in [0.25, 0.3) is 0 Å². The highest BCUT2D eigenvalue weighted by molar-refractivity contribution is 6.23. The first-order valence-corrected chi connectivity index (χ1v) is 18.6. The largest absolute Gasteiger partial charge is 0.276 e. The second-order valence-electron chi connectivity index (χ2n) is 13.7. The van der Waals surface area contributed by atoms with Crippen LogP contribution in [0.1, 0.15) is 0 Å². The fourth-order valence-corrected chi connectivity index (χ4v) is 7.86. The second-order valence-corrected chi connectivity index (χ2v) is 13.7. The van der Waals surface area contributed by atoms with E-state index in [1.807, 2.05) is 97.1 Å². The zero-order valence-electron chi connectivity index (χ0n) is 30.0. The molecule has 0 radical (unpaired) electrons. The van der Waals surface area contributed by atoms with Crippen LogP contribution < -0.4 is 0 Å². The molecular weight excluding hydrogens is 687 g/mol. The van der Waals surface area contributed by atoms with E-state index in [1.54, 1.807) is 0 Å². The molecule has 0 saturated heterocycles. The Labute approximate surface area is 321 Å². The lowest BCUT2D eigenvalue weighted by atomic mass is 10.1. The average Bonchev–Trinajstić information content (AvgIpc) is 3.81. The molecule has 11 aromatic rings. The number of rotatable bonds is 6. The monoisotopic (exact) mass is 717 g/mol. The number of para-hydroxylation sites is 2. The Balaban J connectivity index is 1.29. The quantitative estimate of drug-likeness (QED) is 0.171. The predicted octanol–water partition coefficient (Wildman–Crippen LogP) is 11.5. The summed E-state index contributed by atoms with van der Waals surface area (Å²) in [6.45, 7) is 0. The van der Waals surface area contributed by atoms with E-state index in [1.165, 1.54) is 0 Å². The summed E-state index contributed by atoms with van der Waals surface area (Å²) in [6.07, 6.45) is 0. The third kappa shape index (κ3) is 5.17. The van der Waals surface area contributed by atoms with Crippen LogP contribution in [0.5, 0.6) is 0 Å². The Morgan fingerprint density at radius 1 is 0.286 bits per heavy atom. The summed E-state index contributed by atoms with van der Waals surface area (Å²) in [5.41, 5.74) is 9.44. The first-order chi connectivity index (χ1) is 27.8. The molecule has 0 aliphatic carbocycles. The molecular formula is C49H31N7. The van der Waals surface area contributed by atoms with E-state index in [2.05, 4.69) is 100 Å². The summed E-state index contributed by atoms with van der Waals surface area (Å²) in [6, 6.07) is 64.3. The predicted molar refractivity (Wildman–Crippen MR) is 226 cm³/mol. The molecule has 0 bridgehead atoms. The summed E-state index contributed by atoms with van der Waals surface area (Å²) >= 11 is 0. The first kappa shape index (κ1) is 31.7. The van der Waals surface area contributed by atoms with Gasteiger partial charge in [-0.25, -0.2) is 15.0 Å². The van der Waals surface area contributed by atoms with Gasteiger partial charge >= 0.3 is 0 Å². The molecule has 7 aromatic carbocycles. The number of hydrogen-bond acceptors (Lipinski definition) is 5. The van der Waals surface area contributed by atoms with Crippen LogP contribution >= 0.6 is 0 Å². The summed E-state index contributed by atoms with van der Waals surface area (Å²) in [5, 5.41) is 4.34. The lowest BCUT2D eigenvalue weighted by Gasteiger charge is -2.14. The number of hydrogen-bond donors (Lipinski definition) is 0. The standard InChI is InChI=1S/C49H31N7/c1-5-17-32(18-6-1)40-31-41(33-19-7-2-8-20-33)51-48(50-40)55-42-27-15-13-25-36(42)38-29-30-39-37-26-14-16-28-43(37)56(45(39)44(38)55)49-53-46(34-21-9-3-10-22-34)52-47(54-49)35-23-11-4-12-24-35/h1-31H. The van der Waals surface area contributed by atoms with Crippen LogP contribution in [0.15, 0.2) is 188 Å². The maximum absolute atomic E-state index is 5.34. The molecule has 0 N–H and O–H groups in total. The number of nitrogens with zero attached hydrogens (tertiary/aromatic N) is 7. The van der Waals surface area contributed by atoms with E-state index >= 15 is 0 Å². The Hall–Kier alpha value is -7.77. The summed E-state index contributed by atoms with van der Waals surface area (Å²) in [7, 11) is 0. The minimum absolute atomic E-state index is 0.525. The molecule has 262 valence electrons. The van der Waals surface area contributed by atoms with Crippen molar-refractivity contribution in [1.29, 1.82) is 0 Å². The fourth-order valence-electron chi connectivity index (χ4n) is 7.86. The number of benzene rings is 7. The number of aromatic nitrogens is 7. The van der Waals surface area contributed by atoms with Crippen molar-refractivity contribution < 1.29 is 0 Å². The van der Waals surface area contributed by atoms with Crippen molar-refractivity contribution in [2.45, 2.75) is 0 Å². The fraction of sp³-hybridized carbons (Fsp3) is 0. The summed E-state index contributed by atoms with van der Waals surface area (Å²) in [5.74, 6) is 2.29. The zero-order chi connectivity index (χ0) is 37.0. The minimum Gasteiger partial charge on any atom is -0.276 e. The second kappa shape index (κ2) is 13.0. The molecule has 56 heavy (non-hydrogen) atoms. The molecule has 11 rings (SSSR count). The molecule has 0 amide bonds. The van der Waals surface area contributed by atoms with Gasteiger partial charge in [0, 0.05) is 43.8 Å². The molecule has 4 aromatic heterocycles. The lowest BCUT2D eigenvalue weighted by Crippen LogP contribution is -2.08. The van der Waals surface area contributed by atoms with Crippen molar-refractivity contribution in [3.63, 3.8) is 0 Å². The van der Waals surface area contributed by atoms with Crippen LogP contribution in [0.25, 0.3) is 101 Å². The molecule has 0 spiro atoms. The Bertz CT molecular complexity index is 2890. The van der Waals surface area contributed by atoms with Gasteiger partial charge in [-0.05, 0) is 18.2 Å². The molecule has 7 heteroatoms.